The Labute approximate surface area is 107 Å². The molecule has 96 valence electrons. The van der Waals surface area contributed by atoms with Crippen LogP contribution in [0.15, 0.2) is 0 Å². The summed E-state index contributed by atoms with van der Waals surface area (Å²) in [4.78, 5) is 0. The van der Waals surface area contributed by atoms with Crippen LogP contribution in [-0.2, 0) is 4.74 Å². The quantitative estimate of drug-likeness (QED) is 0.816. The van der Waals surface area contributed by atoms with Gasteiger partial charge in [-0.15, -0.1) is 5.10 Å². The maximum atomic E-state index is 9.13. The summed E-state index contributed by atoms with van der Waals surface area (Å²) >= 11 is 0. The van der Waals surface area contributed by atoms with Crippen molar-refractivity contribution < 1.29 is 9.47 Å². The van der Waals surface area contributed by atoms with Gasteiger partial charge in [-0.2, -0.15) is 10.4 Å². The van der Waals surface area contributed by atoms with E-state index in [4.69, 9.17) is 14.7 Å². The molecule has 0 aromatic carbocycles. The monoisotopic (exact) mass is 247 g/mol. The fourth-order valence-corrected chi connectivity index (χ4v) is 1.93. The van der Waals surface area contributed by atoms with Crippen LogP contribution in [0.1, 0.15) is 36.1 Å². The third kappa shape index (κ3) is 2.77. The fourth-order valence-electron chi connectivity index (χ4n) is 1.93. The van der Waals surface area contributed by atoms with Crippen molar-refractivity contribution in [3.63, 3.8) is 0 Å². The summed E-state index contributed by atoms with van der Waals surface area (Å²) in [6.45, 7) is 4.91. The van der Waals surface area contributed by atoms with Gasteiger partial charge in [-0.1, -0.05) is 0 Å². The van der Waals surface area contributed by atoms with Gasteiger partial charge in [-0.3, -0.25) is 0 Å². The summed E-state index contributed by atoms with van der Waals surface area (Å²) in [6, 6.07) is 2.12. The predicted octanol–water partition coefficient (Wildman–Crippen LogP) is 1.91. The van der Waals surface area contributed by atoms with Crippen molar-refractivity contribution in [2.75, 3.05) is 13.2 Å². The fraction of sp³-hybridized carbons (Fsp3) is 0.615. The third-order valence-corrected chi connectivity index (χ3v) is 3.21. The zero-order valence-corrected chi connectivity index (χ0v) is 10.8. The van der Waals surface area contributed by atoms with Crippen molar-refractivity contribution in [3.8, 4) is 11.9 Å². The molecule has 0 aliphatic carbocycles. The van der Waals surface area contributed by atoms with E-state index in [0.717, 1.165) is 37.1 Å². The van der Waals surface area contributed by atoms with Crippen LogP contribution in [0, 0.1) is 25.2 Å². The van der Waals surface area contributed by atoms with Gasteiger partial charge in [0, 0.05) is 6.61 Å². The number of hydrogen-bond acceptors (Lipinski definition) is 5. The van der Waals surface area contributed by atoms with Crippen molar-refractivity contribution >= 4 is 0 Å². The molecule has 0 saturated carbocycles. The molecule has 1 saturated heterocycles. The number of ether oxygens (including phenoxy) is 2. The molecule has 18 heavy (non-hydrogen) atoms. The second kappa shape index (κ2) is 5.78. The molecule has 1 aromatic rings. The minimum atomic E-state index is 0.105. The summed E-state index contributed by atoms with van der Waals surface area (Å²) < 4.78 is 11.2. The molecule has 1 aliphatic rings. The van der Waals surface area contributed by atoms with Gasteiger partial charge in [0.15, 0.2) is 0 Å². The van der Waals surface area contributed by atoms with E-state index in [1.165, 1.54) is 0 Å². The lowest BCUT2D eigenvalue weighted by molar-refractivity contribution is -0.0122. The smallest absolute Gasteiger partial charge is 0.251 e. The molecular formula is C13H17N3O2. The van der Waals surface area contributed by atoms with Crippen LogP contribution in [0.2, 0.25) is 0 Å². The van der Waals surface area contributed by atoms with Crippen LogP contribution in [-0.4, -0.2) is 29.5 Å². The normalized spacial score (nSPS) is 19.3. The SMILES string of the molecule is Cc1nnc(OCC2CCCCO2)c(C#N)c1C. The van der Waals surface area contributed by atoms with Gasteiger partial charge < -0.3 is 9.47 Å². The zero-order valence-electron chi connectivity index (χ0n) is 10.8. The molecule has 2 rings (SSSR count). The summed E-state index contributed by atoms with van der Waals surface area (Å²) in [7, 11) is 0. The van der Waals surface area contributed by atoms with E-state index < -0.39 is 0 Å². The van der Waals surface area contributed by atoms with Gasteiger partial charge in [-0.25, -0.2) is 0 Å². The van der Waals surface area contributed by atoms with Crippen LogP contribution in [0.25, 0.3) is 0 Å². The van der Waals surface area contributed by atoms with E-state index >= 15 is 0 Å². The molecule has 1 aromatic heterocycles. The van der Waals surface area contributed by atoms with E-state index in [1.807, 2.05) is 13.8 Å². The Morgan fingerprint density at radius 2 is 2.22 bits per heavy atom. The topological polar surface area (TPSA) is 68.0 Å². The number of aryl methyl sites for hydroxylation is 1. The molecule has 5 heteroatoms. The second-order valence-corrected chi connectivity index (χ2v) is 4.50. The minimum absolute atomic E-state index is 0.105. The van der Waals surface area contributed by atoms with Crippen LogP contribution >= 0.6 is 0 Å². The van der Waals surface area contributed by atoms with Crippen molar-refractivity contribution in [2.45, 2.75) is 39.2 Å². The van der Waals surface area contributed by atoms with Gasteiger partial charge in [0.1, 0.15) is 18.2 Å². The second-order valence-electron chi connectivity index (χ2n) is 4.50. The Balaban J connectivity index is 2.05. The molecule has 0 amide bonds. The van der Waals surface area contributed by atoms with Crippen molar-refractivity contribution in [1.82, 2.24) is 10.2 Å². The largest absolute Gasteiger partial charge is 0.473 e. The molecule has 2 heterocycles. The lowest BCUT2D eigenvalue weighted by atomic mass is 10.1. The van der Waals surface area contributed by atoms with Crippen molar-refractivity contribution in [1.29, 1.82) is 5.26 Å². The Hall–Kier alpha value is -1.67. The first-order chi connectivity index (χ1) is 8.72. The molecule has 1 aliphatic heterocycles. The summed E-state index contributed by atoms with van der Waals surface area (Å²) in [5.41, 5.74) is 2.05. The Morgan fingerprint density at radius 1 is 1.39 bits per heavy atom. The number of hydrogen-bond donors (Lipinski definition) is 0. The Bertz CT molecular complexity index is 462. The van der Waals surface area contributed by atoms with Crippen LogP contribution in [0.3, 0.4) is 0 Å². The van der Waals surface area contributed by atoms with Crippen LogP contribution in [0.4, 0.5) is 0 Å². The number of rotatable bonds is 3. The molecule has 5 nitrogen and oxygen atoms in total. The highest BCUT2D eigenvalue weighted by atomic mass is 16.5. The average Bonchev–Trinajstić information content (AvgIpc) is 2.41. The Kier molecular flexibility index (Phi) is 4.11. The van der Waals surface area contributed by atoms with E-state index in [-0.39, 0.29) is 6.10 Å². The highest BCUT2D eigenvalue weighted by Crippen LogP contribution is 2.20. The predicted molar refractivity (Wildman–Crippen MR) is 65.3 cm³/mol. The van der Waals surface area contributed by atoms with E-state index in [9.17, 15) is 0 Å². The van der Waals surface area contributed by atoms with Gasteiger partial charge in [0.2, 0.25) is 0 Å². The van der Waals surface area contributed by atoms with E-state index in [2.05, 4.69) is 16.3 Å². The molecule has 0 spiro atoms. The maximum absolute atomic E-state index is 9.13. The molecule has 1 atom stereocenters. The van der Waals surface area contributed by atoms with Crippen LogP contribution in [0.5, 0.6) is 5.88 Å². The minimum Gasteiger partial charge on any atom is -0.473 e. The van der Waals surface area contributed by atoms with E-state index in [0.29, 0.717) is 18.1 Å². The molecule has 0 bridgehead atoms. The standard InChI is InChI=1S/C13H17N3O2/c1-9-10(2)15-16-13(12(9)7-14)18-8-11-5-3-4-6-17-11/h11H,3-6,8H2,1-2H3. The van der Waals surface area contributed by atoms with E-state index in [1.54, 1.807) is 0 Å². The first-order valence-corrected chi connectivity index (χ1v) is 6.20. The highest BCUT2D eigenvalue weighted by Gasteiger charge is 2.17. The van der Waals surface area contributed by atoms with Crippen molar-refractivity contribution in [3.05, 3.63) is 16.8 Å². The number of nitrogens with zero attached hydrogens (tertiary/aromatic N) is 3. The van der Waals surface area contributed by atoms with Gasteiger partial charge >= 0.3 is 0 Å². The molecule has 0 radical (unpaired) electrons. The Morgan fingerprint density at radius 3 is 2.89 bits per heavy atom. The lowest BCUT2D eigenvalue weighted by Crippen LogP contribution is -2.26. The zero-order chi connectivity index (χ0) is 13.0. The number of aromatic nitrogens is 2. The summed E-state index contributed by atoms with van der Waals surface area (Å²) in [5, 5.41) is 17.1. The first-order valence-electron chi connectivity index (χ1n) is 6.20. The molecule has 1 unspecified atom stereocenters. The van der Waals surface area contributed by atoms with Gasteiger partial charge in [-0.05, 0) is 38.7 Å². The number of nitriles is 1. The molecular weight excluding hydrogens is 230 g/mol. The first kappa shape index (κ1) is 12.8. The molecule has 0 N–H and O–H groups in total. The summed E-state index contributed by atoms with van der Waals surface area (Å²) in [5.74, 6) is 0.315. The lowest BCUT2D eigenvalue weighted by Gasteiger charge is -2.22. The van der Waals surface area contributed by atoms with Gasteiger partial charge in [0.05, 0.1) is 11.8 Å². The summed E-state index contributed by atoms with van der Waals surface area (Å²) in [6.07, 6.45) is 3.38. The molecule has 1 fully saturated rings. The highest BCUT2D eigenvalue weighted by molar-refractivity contribution is 5.44. The van der Waals surface area contributed by atoms with Crippen LogP contribution < -0.4 is 4.74 Å². The average molecular weight is 247 g/mol. The maximum Gasteiger partial charge on any atom is 0.251 e. The van der Waals surface area contributed by atoms with Crippen molar-refractivity contribution in [2.24, 2.45) is 0 Å². The third-order valence-electron chi connectivity index (χ3n) is 3.21. The van der Waals surface area contributed by atoms with Gasteiger partial charge in [0.25, 0.3) is 5.88 Å².